The van der Waals surface area contributed by atoms with Crippen molar-refractivity contribution in [3.8, 4) is 0 Å². The molecule has 1 atom stereocenters. The number of anilines is 2. The van der Waals surface area contributed by atoms with E-state index in [1.807, 2.05) is 6.07 Å². The summed E-state index contributed by atoms with van der Waals surface area (Å²) in [7, 11) is 0. The smallest absolute Gasteiger partial charge is 0.336 e. The van der Waals surface area contributed by atoms with Crippen molar-refractivity contribution >= 4 is 28.9 Å². The number of morpholine rings is 1. The Morgan fingerprint density at radius 2 is 2.00 bits per heavy atom. The Morgan fingerprint density at radius 1 is 1.25 bits per heavy atom. The van der Waals surface area contributed by atoms with Crippen molar-refractivity contribution in [2.24, 2.45) is 5.41 Å². The summed E-state index contributed by atoms with van der Waals surface area (Å²) >= 11 is 6.20. The molecule has 0 spiro atoms. The Kier molecular flexibility index (Phi) is 4.98. The maximum atomic E-state index is 11.7. The van der Waals surface area contributed by atoms with E-state index in [4.69, 9.17) is 16.3 Å². The van der Waals surface area contributed by atoms with Crippen LogP contribution in [0, 0.1) is 5.41 Å². The number of carboxylic acid groups (broad SMARTS) is 1. The highest BCUT2D eigenvalue weighted by Crippen LogP contribution is 2.47. The normalized spacial score (nSPS) is 21.0. The van der Waals surface area contributed by atoms with Gasteiger partial charge in [-0.2, -0.15) is 0 Å². The topological polar surface area (TPSA) is 61.8 Å². The second-order valence-corrected chi connectivity index (χ2v) is 8.66. The summed E-state index contributed by atoms with van der Waals surface area (Å²) in [5.74, 6) is -0.941. The number of aromatic carboxylic acids is 1. The van der Waals surface area contributed by atoms with Gasteiger partial charge in [-0.1, -0.05) is 37.6 Å². The van der Waals surface area contributed by atoms with Crippen molar-refractivity contribution < 1.29 is 14.6 Å². The first-order valence-corrected chi connectivity index (χ1v) is 9.98. The third-order valence-electron chi connectivity index (χ3n) is 5.74. The first-order valence-electron chi connectivity index (χ1n) is 9.60. The van der Waals surface area contributed by atoms with Crippen LogP contribution in [0.4, 0.5) is 11.4 Å². The highest BCUT2D eigenvalue weighted by atomic mass is 35.5. The zero-order chi connectivity index (χ0) is 19.9. The molecule has 1 fully saturated rings. The first kappa shape index (κ1) is 19.1. The van der Waals surface area contributed by atoms with Gasteiger partial charge in [0.25, 0.3) is 0 Å². The number of nitrogens with zero attached hydrogens (tertiary/aromatic N) is 1. The number of ether oxygens (including phenoxy) is 1. The summed E-state index contributed by atoms with van der Waals surface area (Å²) < 4.78 is 5.47. The third-order valence-corrected chi connectivity index (χ3v) is 5.96. The predicted molar refractivity (Wildman–Crippen MR) is 112 cm³/mol. The summed E-state index contributed by atoms with van der Waals surface area (Å²) in [5, 5.41) is 13.6. The van der Waals surface area contributed by atoms with E-state index in [1.54, 1.807) is 6.07 Å². The second-order valence-electron chi connectivity index (χ2n) is 8.22. The van der Waals surface area contributed by atoms with E-state index in [9.17, 15) is 9.90 Å². The van der Waals surface area contributed by atoms with Crippen LogP contribution in [-0.4, -0.2) is 37.4 Å². The Balaban J connectivity index is 1.71. The molecule has 0 aliphatic carbocycles. The van der Waals surface area contributed by atoms with Crippen molar-refractivity contribution in [1.82, 2.24) is 0 Å². The van der Waals surface area contributed by atoms with Crippen molar-refractivity contribution in [3.05, 3.63) is 58.1 Å². The summed E-state index contributed by atoms with van der Waals surface area (Å²) in [5.41, 5.74) is 4.14. The molecular weight excluding hydrogens is 376 g/mol. The van der Waals surface area contributed by atoms with Crippen LogP contribution in [-0.2, 0) is 11.2 Å². The van der Waals surface area contributed by atoms with Crippen LogP contribution in [0.25, 0.3) is 0 Å². The van der Waals surface area contributed by atoms with Crippen LogP contribution in [0.5, 0.6) is 0 Å². The van der Waals surface area contributed by atoms with Crippen LogP contribution in [0.3, 0.4) is 0 Å². The number of hydrogen-bond acceptors (Lipinski definition) is 4. The fourth-order valence-corrected chi connectivity index (χ4v) is 4.53. The molecule has 0 saturated carbocycles. The molecule has 0 radical (unpaired) electrons. The second kappa shape index (κ2) is 7.30. The summed E-state index contributed by atoms with van der Waals surface area (Å²) in [6.45, 7) is 7.64. The van der Waals surface area contributed by atoms with Gasteiger partial charge in [0.1, 0.15) is 0 Å². The molecule has 6 heteroatoms. The van der Waals surface area contributed by atoms with E-state index < -0.39 is 5.97 Å². The molecule has 2 heterocycles. The van der Waals surface area contributed by atoms with Crippen LogP contribution in [0.2, 0.25) is 5.02 Å². The molecule has 1 saturated heterocycles. The molecule has 5 nitrogen and oxygen atoms in total. The van der Waals surface area contributed by atoms with E-state index in [-0.39, 0.29) is 17.0 Å². The molecule has 0 amide bonds. The zero-order valence-electron chi connectivity index (χ0n) is 16.2. The van der Waals surface area contributed by atoms with Gasteiger partial charge in [0.05, 0.1) is 24.8 Å². The third kappa shape index (κ3) is 3.56. The largest absolute Gasteiger partial charge is 0.478 e. The standard InChI is InChI=1S/C22H25ClN2O3/c1-22(2)13-18-17(21(26)27)11-15(23)12-19(18)24-20(22)14-4-3-5-16(10-14)25-6-8-28-9-7-25/h3-5,10-12,20,24H,6-9,13H2,1-2H3,(H,26,27). The molecule has 2 aromatic rings. The average molecular weight is 401 g/mol. The van der Waals surface area contributed by atoms with Crippen LogP contribution >= 0.6 is 11.6 Å². The minimum absolute atomic E-state index is 0.0566. The summed E-state index contributed by atoms with van der Waals surface area (Å²) in [6.07, 6.45) is 0.667. The molecule has 148 valence electrons. The maximum absolute atomic E-state index is 11.7. The highest BCUT2D eigenvalue weighted by molar-refractivity contribution is 6.31. The van der Waals surface area contributed by atoms with Gasteiger partial charge in [0.2, 0.25) is 0 Å². The number of carbonyl (C=O) groups is 1. The Bertz CT molecular complexity index is 907. The van der Waals surface area contributed by atoms with Crippen molar-refractivity contribution in [1.29, 1.82) is 0 Å². The number of nitrogens with one attached hydrogen (secondary N) is 1. The molecule has 28 heavy (non-hydrogen) atoms. The molecule has 2 N–H and O–H groups in total. The number of benzene rings is 2. The van der Waals surface area contributed by atoms with Crippen molar-refractivity contribution in [3.63, 3.8) is 0 Å². The lowest BCUT2D eigenvalue weighted by Gasteiger charge is -2.42. The van der Waals surface area contributed by atoms with Gasteiger partial charge in [-0.3, -0.25) is 0 Å². The van der Waals surface area contributed by atoms with Crippen LogP contribution in [0.1, 0.15) is 41.4 Å². The highest BCUT2D eigenvalue weighted by Gasteiger charge is 2.38. The molecule has 0 aromatic heterocycles. The fourth-order valence-electron chi connectivity index (χ4n) is 4.31. The molecular formula is C22H25ClN2O3. The summed E-state index contributed by atoms with van der Waals surface area (Å²) in [6, 6.07) is 12.0. The van der Waals surface area contributed by atoms with E-state index in [0.29, 0.717) is 11.4 Å². The summed E-state index contributed by atoms with van der Waals surface area (Å²) in [4.78, 5) is 14.0. The van der Waals surface area contributed by atoms with E-state index in [0.717, 1.165) is 37.6 Å². The minimum atomic E-state index is -0.941. The van der Waals surface area contributed by atoms with Gasteiger partial charge in [-0.05, 0) is 47.2 Å². The quantitative estimate of drug-likeness (QED) is 0.787. The average Bonchev–Trinajstić information content (AvgIpc) is 2.67. The van der Waals surface area contributed by atoms with Gasteiger partial charge in [-0.25, -0.2) is 4.79 Å². The van der Waals surface area contributed by atoms with Crippen LogP contribution in [0.15, 0.2) is 36.4 Å². The van der Waals surface area contributed by atoms with Crippen LogP contribution < -0.4 is 10.2 Å². The molecule has 4 rings (SSSR count). The van der Waals surface area contributed by atoms with Gasteiger partial charge in [0.15, 0.2) is 0 Å². The number of carboxylic acids is 1. The number of rotatable bonds is 3. The number of hydrogen-bond donors (Lipinski definition) is 2. The minimum Gasteiger partial charge on any atom is -0.478 e. The fraction of sp³-hybridized carbons (Fsp3) is 0.409. The van der Waals surface area contributed by atoms with E-state index >= 15 is 0 Å². The van der Waals surface area contributed by atoms with Crippen molar-refractivity contribution in [2.45, 2.75) is 26.3 Å². The predicted octanol–water partition coefficient (Wildman–Crippen LogP) is 4.61. The Labute approximate surface area is 170 Å². The lowest BCUT2D eigenvalue weighted by atomic mass is 9.72. The van der Waals surface area contributed by atoms with Crippen molar-refractivity contribution in [2.75, 3.05) is 36.5 Å². The lowest BCUT2D eigenvalue weighted by Crippen LogP contribution is -2.37. The van der Waals surface area contributed by atoms with Gasteiger partial charge in [0, 0.05) is 29.5 Å². The molecule has 0 bridgehead atoms. The number of halogens is 1. The monoisotopic (exact) mass is 400 g/mol. The van der Waals surface area contributed by atoms with Gasteiger partial charge in [-0.15, -0.1) is 0 Å². The van der Waals surface area contributed by atoms with E-state index in [2.05, 4.69) is 48.3 Å². The van der Waals surface area contributed by atoms with E-state index in [1.165, 1.54) is 11.3 Å². The maximum Gasteiger partial charge on any atom is 0.336 e. The Morgan fingerprint density at radius 3 is 2.71 bits per heavy atom. The Hall–Kier alpha value is -2.24. The molecule has 2 aliphatic rings. The zero-order valence-corrected chi connectivity index (χ0v) is 16.9. The molecule has 2 aliphatic heterocycles. The molecule has 2 aromatic carbocycles. The number of fused-ring (bicyclic) bond motifs is 1. The first-order chi connectivity index (χ1) is 13.3. The van der Waals surface area contributed by atoms with Gasteiger partial charge < -0.3 is 20.1 Å². The lowest BCUT2D eigenvalue weighted by molar-refractivity contribution is 0.0694. The molecule has 1 unspecified atom stereocenters. The SMILES string of the molecule is CC1(C)Cc2c(cc(Cl)cc2C(=O)O)NC1c1cccc(N2CCOCC2)c1. The van der Waals surface area contributed by atoms with Gasteiger partial charge >= 0.3 is 5.97 Å².